The number of benzene rings is 1. The van der Waals surface area contributed by atoms with Crippen molar-refractivity contribution in [3.63, 3.8) is 0 Å². The van der Waals surface area contributed by atoms with Crippen molar-refractivity contribution < 1.29 is 9.90 Å². The second kappa shape index (κ2) is 3.29. The molecule has 0 bridgehead atoms. The van der Waals surface area contributed by atoms with Gasteiger partial charge in [-0.25, -0.2) is 4.79 Å². The quantitative estimate of drug-likeness (QED) is 0.734. The summed E-state index contributed by atoms with van der Waals surface area (Å²) >= 11 is 0. The number of carboxylic acid groups (broad SMARTS) is 1. The molecule has 14 heavy (non-hydrogen) atoms. The van der Waals surface area contributed by atoms with Crippen LogP contribution < -0.4 is 0 Å². The van der Waals surface area contributed by atoms with E-state index >= 15 is 0 Å². The molecule has 0 aliphatic heterocycles. The highest BCUT2D eigenvalue weighted by molar-refractivity contribution is 5.93. The van der Waals surface area contributed by atoms with Crippen LogP contribution in [0.5, 0.6) is 0 Å². The van der Waals surface area contributed by atoms with E-state index in [0.29, 0.717) is 12.0 Å². The summed E-state index contributed by atoms with van der Waals surface area (Å²) in [5.74, 6) is -0.795. The monoisotopic (exact) mass is 188 g/mol. The number of carboxylic acids is 1. The van der Waals surface area contributed by atoms with Crippen molar-refractivity contribution in [2.45, 2.75) is 19.8 Å². The van der Waals surface area contributed by atoms with Crippen molar-refractivity contribution in [1.29, 1.82) is 0 Å². The molecule has 0 saturated carbocycles. The predicted molar refractivity (Wildman–Crippen MR) is 55.1 cm³/mol. The Morgan fingerprint density at radius 3 is 2.86 bits per heavy atom. The topological polar surface area (TPSA) is 37.3 Å². The summed E-state index contributed by atoms with van der Waals surface area (Å²) < 4.78 is 0. The number of carbonyl (C=O) groups is 1. The fourth-order valence-corrected chi connectivity index (χ4v) is 1.79. The lowest BCUT2D eigenvalue weighted by Crippen LogP contribution is -2.07. The van der Waals surface area contributed by atoms with Gasteiger partial charge in [0.15, 0.2) is 0 Å². The van der Waals surface area contributed by atoms with Crippen LogP contribution in [0.3, 0.4) is 0 Å². The Bertz CT molecular complexity index is 416. The summed E-state index contributed by atoms with van der Waals surface area (Å²) in [5.41, 5.74) is 4.06. The van der Waals surface area contributed by atoms with Gasteiger partial charge in [0.1, 0.15) is 0 Å². The molecule has 2 nitrogen and oxygen atoms in total. The summed E-state index contributed by atoms with van der Waals surface area (Å²) in [6.07, 6.45) is 3.27. The van der Waals surface area contributed by atoms with E-state index in [0.717, 1.165) is 12.0 Å². The maximum absolute atomic E-state index is 10.8. The first-order valence-corrected chi connectivity index (χ1v) is 4.70. The molecule has 0 aromatic heterocycles. The van der Waals surface area contributed by atoms with Gasteiger partial charge in [-0.15, -0.1) is 0 Å². The van der Waals surface area contributed by atoms with Crippen molar-refractivity contribution in [3.8, 4) is 0 Å². The molecular weight excluding hydrogens is 176 g/mol. The highest BCUT2D eigenvalue weighted by atomic mass is 16.4. The minimum Gasteiger partial charge on any atom is -0.478 e. The fourth-order valence-electron chi connectivity index (χ4n) is 1.79. The molecule has 72 valence electrons. The van der Waals surface area contributed by atoms with Gasteiger partial charge in [0.2, 0.25) is 0 Å². The van der Waals surface area contributed by atoms with E-state index in [1.54, 1.807) is 6.08 Å². The Morgan fingerprint density at radius 2 is 2.14 bits per heavy atom. The molecule has 0 fully saturated rings. The predicted octanol–water partition coefficient (Wildman–Crippen LogP) is 2.41. The zero-order chi connectivity index (χ0) is 10.1. The SMILES string of the molecule is Cc1ccc2c(c1)CCC(C(=O)O)=C2. The number of aliphatic carboxylic acids is 1. The fraction of sp³-hybridized carbons (Fsp3) is 0.250. The molecule has 0 atom stereocenters. The molecule has 0 radical (unpaired) electrons. The second-order valence-corrected chi connectivity index (χ2v) is 3.68. The van der Waals surface area contributed by atoms with Crippen LogP contribution in [0.15, 0.2) is 23.8 Å². The first-order valence-electron chi connectivity index (χ1n) is 4.70. The van der Waals surface area contributed by atoms with Gasteiger partial charge in [0.05, 0.1) is 0 Å². The Balaban J connectivity index is 2.45. The maximum atomic E-state index is 10.8. The summed E-state index contributed by atoms with van der Waals surface area (Å²) in [7, 11) is 0. The van der Waals surface area contributed by atoms with Crippen LogP contribution >= 0.6 is 0 Å². The molecule has 1 aromatic rings. The van der Waals surface area contributed by atoms with Gasteiger partial charge in [-0.3, -0.25) is 0 Å². The lowest BCUT2D eigenvalue weighted by atomic mass is 9.91. The summed E-state index contributed by atoms with van der Waals surface area (Å²) in [6, 6.07) is 6.14. The average Bonchev–Trinajstić information content (AvgIpc) is 2.16. The van der Waals surface area contributed by atoms with E-state index in [1.165, 1.54) is 11.1 Å². The largest absolute Gasteiger partial charge is 0.478 e. The smallest absolute Gasteiger partial charge is 0.331 e. The van der Waals surface area contributed by atoms with E-state index in [4.69, 9.17) is 5.11 Å². The highest BCUT2D eigenvalue weighted by Gasteiger charge is 2.14. The van der Waals surface area contributed by atoms with Crippen LogP contribution in [0.25, 0.3) is 6.08 Å². The average molecular weight is 188 g/mol. The van der Waals surface area contributed by atoms with Crippen molar-refractivity contribution in [2.24, 2.45) is 0 Å². The van der Waals surface area contributed by atoms with Gasteiger partial charge in [-0.2, -0.15) is 0 Å². The van der Waals surface area contributed by atoms with Gasteiger partial charge < -0.3 is 5.11 Å². The highest BCUT2D eigenvalue weighted by Crippen LogP contribution is 2.24. The number of aryl methyl sites for hydroxylation is 2. The summed E-state index contributed by atoms with van der Waals surface area (Å²) in [6.45, 7) is 2.05. The van der Waals surface area contributed by atoms with Gasteiger partial charge in [-0.1, -0.05) is 23.8 Å². The van der Waals surface area contributed by atoms with Crippen LogP contribution in [-0.4, -0.2) is 11.1 Å². The molecule has 0 unspecified atom stereocenters. The molecular formula is C12H12O2. The van der Waals surface area contributed by atoms with Crippen molar-refractivity contribution in [2.75, 3.05) is 0 Å². The molecule has 1 aliphatic carbocycles. The minimum atomic E-state index is -0.795. The van der Waals surface area contributed by atoms with Gasteiger partial charge in [0, 0.05) is 5.57 Å². The van der Waals surface area contributed by atoms with Crippen molar-refractivity contribution >= 4 is 12.0 Å². The number of fused-ring (bicyclic) bond motifs is 1. The number of rotatable bonds is 1. The van der Waals surface area contributed by atoms with E-state index in [9.17, 15) is 4.79 Å². The van der Waals surface area contributed by atoms with Gasteiger partial charge in [0.25, 0.3) is 0 Å². The summed E-state index contributed by atoms with van der Waals surface area (Å²) in [5, 5.41) is 8.85. The molecule has 2 rings (SSSR count). The van der Waals surface area contributed by atoms with Crippen LogP contribution in [0.2, 0.25) is 0 Å². The van der Waals surface area contributed by atoms with Crippen molar-refractivity contribution in [1.82, 2.24) is 0 Å². The van der Waals surface area contributed by atoms with Crippen LogP contribution in [0, 0.1) is 6.92 Å². The van der Waals surface area contributed by atoms with Crippen LogP contribution in [-0.2, 0) is 11.2 Å². The molecule has 2 heteroatoms. The lowest BCUT2D eigenvalue weighted by molar-refractivity contribution is -0.132. The zero-order valence-corrected chi connectivity index (χ0v) is 8.08. The lowest BCUT2D eigenvalue weighted by Gasteiger charge is -2.14. The van der Waals surface area contributed by atoms with E-state index in [2.05, 4.69) is 13.0 Å². The molecule has 1 aromatic carbocycles. The zero-order valence-electron chi connectivity index (χ0n) is 8.08. The first kappa shape index (κ1) is 9.00. The first-order chi connectivity index (χ1) is 6.66. The Morgan fingerprint density at radius 1 is 1.36 bits per heavy atom. The normalized spacial score (nSPS) is 14.5. The standard InChI is InChI=1S/C12H12O2/c1-8-2-3-10-7-11(12(13)14)5-4-9(10)6-8/h2-3,6-7H,4-5H2,1H3,(H,13,14). The third-order valence-electron chi connectivity index (χ3n) is 2.57. The number of hydrogen-bond acceptors (Lipinski definition) is 1. The molecule has 0 saturated heterocycles. The molecule has 0 heterocycles. The third-order valence-corrected chi connectivity index (χ3v) is 2.57. The third kappa shape index (κ3) is 1.55. The van der Waals surface area contributed by atoms with Crippen LogP contribution in [0.1, 0.15) is 23.1 Å². The molecule has 1 N–H and O–H groups in total. The van der Waals surface area contributed by atoms with E-state index in [-0.39, 0.29) is 0 Å². The van der Waals surface area contributed by atoms with Crippen molar-refractivity contribution in [3.05, 3.63) is 40.5 Å². The van der Waals surface area contributed by atoms with Gasteiger partial charge >= 0.3 is 5.97 Å². The Hall–Kier alpha value is -1.57. The summed E-state index contributed by atoms with van der Waals surface area (Å²) in [4.78, 5) is 10.8. The maximum Gasteiger partial charge on any atom is 0.331 e. The van der Waals surface area contributed by atoms with Gasteiger partial charge in [-0.05, 0) is 37.0 Å². The van der Waals surface area contributed by atoms with E-state index in [1.807, 2.05) is 12.1 Å². The molecule has 1 aliphatic rings. The Labute approximate surface area is 82.9 Å². The minimum absolute atomic E-state index is 0.515. The Kier molecular flexibility index (Phi) is 2.12. The number of hydrogen-bond donors (Lipinski definition) is 1. The second-order valence-electron chi connectivity index (χ2n) is 3.68. The molecule has 0 spiro atoms. The van der Waals surface area contributed by atoms with Crippen LogP contribution in [0.4, 0.5) is 0 Å². The van der Waals surface area contributed by atoms with E-state index < -0.39 is 5.97 Å². The molecule has 0 amide bonds.